The number of hydrogen-bond donors (Lipinski definition) is 0. The molecule has 4 nitrogen and oxygen atoms in total. The highest BCUT2D eigenvalue weighted by Gasteiger charge is 2.44. The second-order valence-corrected chi connectivity index (χ2v) is 6.63. The van der Waals surface area contributed by atoms with Crippen LogP contribution in [-0.2, 0) is 0 Å². The Bertz CT molecular complexity index is 770. The smallest absolute Gasteiger partial charge is 0.254 e. The number of pyridine rings is 1. The van der Waals surface area contributed by atoms with E-state index in [0.29, 0.717) is 0 Å². The Morgan fingerprint density at radius 1 is 1.12 bits per heavy atom. The summed E-state index contributed by atoms with van der Waals surface area (Å²) in [7, 11) is 0. The molecule has 2 fully saturated rings. The maximum atomic E-state index is 13.4. The first-order valence-corrected chi connectivity index (χ1v) is 8.46. The van der Waals surface area contributed by atoms with E-state index in [9.17, 15) is 13.6 Å². The van der Waals surface area contributed by atoms with Gasteiger partial charge < -0.3 is 9.64 Å². The Labute approximate surface area is 144 Å². The molecule has 0 spiro atoms. The first kappa shape index (κ1) is 16.0. The molecule has 0 N–H and O–H groups in total. The lowest BCUT2D eigenvalue weighted by molar-refractivity contribution is 0.0357. The molecular weight excluding hydrogens is 326 g/mol. The molecule has 1 amide bonds. The van der Waals surface area contributed by atoms with Crippen LogP contribution in [-0.4, -0.2) is 34.0 Å². The Hall–Kier alpha value is -2.50. The lowest BCUT2D eigenvalue weighted by Gasteiger charge is -2.39. The van der Waals surface area contributed by atoms with Crippen molar-refractivity contribution in [2.75, 3.05) is 0 Å². The van der Waals surface area contributed by atoms with Crippen molar-refractivity contribution in [2.45, 2.75) is 43.9 Å². The number of amides is 1. The maximum absolute atomic E-state index is 13.4. The van der Waals surface area contributed by atoms with Crippen LogP contribution in [0.25, 0.3) is 0 Å². The van der Waals surface area contributed by atoms with Crippen molar-refractivity contribution in [3.05, 3.63) is 59.9 Å². The largest absolute Gasteiger partial charge is 0.489 e. The average molecular weight is 344 g/mol. The molecule has 6 heteroatoms. The van der Waals surface area contributed by atoms with E-state index in [4.69, 9.17) is 4.74 Å². The highest BCUT2D eigenvalue weighted by Crippen LogP contribution is 2.38. The number of rotatable bonds is 3. The van der Waals surface area contributed by atoms with E-state index in [1.54, 1.807) is 12.4 Å². The van der Waals surface area contributed by atoms with Gasteiger partial charge in [0.1, 0.15) is 11.9 Å². The van der Waals surface area contributed by atoms with E-state index in [1.165, 1.54) is 6.07 Å². The molecule has 2 aliphatic rings. The summed E-state index contributed by atoms with van der Waals surface area (Å²) in [6, 6.07) is 7.16. The number of halogens is 2. The van der Waals surface area contributed by atoms with E-state index < -0.39 is 11.6 Å². The van der Waals surface area contributed by atoms with Gasteiger partial charge in [0, 0.05) is 36.7 Å². The summed E-state index contributed by atoms with van der Waals surface area (Å²) in [4.78, 5) is 18.7. The number of fused-ring (bicyclic) bond motifs is 2. The summed E-state index contributed by atoms with van der Waals surface area (Å²) in [5.41, 5.74) is 0.197. The molecule has 2 aliphatic heterocycles. The van der Waals surface area contributed by atoms with E-state index >= 15 is 0 Å². The minimum Gasteiger partial charge on any atom is -0.489 e. The Morgan fingerprint density at radius 2 is 1.88 bits per heavy atom. The fourth-order valence-corrected chi connectivity index (χ4v) is 3.94. The zero-order valence-electron chi connectivity index (χ0n) is 13.6. The van der Waals surface area contributed by atoms with Crippen LogP contribution in [0.15, 0.2) is 42.7 Å². The van der Waals surface area contributed by atoms with Crippen LogP contribution in [0.4, 0.5) is 8.78 Å². The zero-order chi connectivity index (χ0) is 17.4. The van der Waals surface area contributed by atoms with Crippen molar-refractivity contribution in [3.63, 3.8) is 0 Å². The van der Waals surface area contributed by atoms with Crippen molar-refractivity contribution in [2.24, 2.45) is 0 Å². The topological polar surface area (TPSA) is 42.4 Å². The molecule has 2 atom stereocenters. The second-order valence-electron chi connectivity index (χ2n) is 6.63. The first-order chi connectivity index (χ1) is 12.1. The predicted octanol–water partition coefficient (Wildman–Crippen LogP) is 3.57. The van der Waals surface area contributed by atoms with Gasteiger partial charge in [-0.2, -0.15) is 0 Å². The number of piperidine rings is 1. The monoisotopic (exact) mass is 344 g/mol. The van der Waals surface area contributed by atoms with Crippen LogP contribution in [0, 0.1) is 11.6 Å². The van der Waals surface area contributed by atoms with Gasteiger partial charge >= 0.3 is 0 Å². The van der Waals surface area contributed by atoms with E-state index in [2.05, 4.69) is 4.98 Å². The van der Waals surface area contributed by atoms with Crippen molar-refractivity contribution in [3.8, 4) is 5.75 Å². The molecule has 2 bridgehead atoms. The summed E-state index contributed by atoms with van der Waals surface area (Å²) in [5.74, 6) is -1.44. The molecule has 0 aliphatic carbocycles. The minimum atomic E-state index is -0.993. The van der Waals surface area contributed by atoms with Gasteiger partial charge in [0.05, 0.1) is 6.20 Å². The van der Waals surface area contributed by atoms with Gasteiger partial charge in [0.15, 0.2) is 11.6 Å². The van der Waals surface area contributed by atoms with Crippen molar-refractivity contribution < 1.29 is 18.3 Å². The normalized spacial score (nSPS) is 25.0. The number of hydrogen-bond acceptors (Lipinski definition) is 3. The quantitative estimate of drug-likeness (QED) is 0.855. The fraction of sp³-hybridized carbons (Fsp3) is 0.368. The highest BCUT2D eigenvalue weighted by atomic mass is 19.2. The van der Waals surface area contributed by atoms with Crippen molar-refractivity contribution in [1.29, 1.82) is 0 Å². The number of ether oxygens (including phenoxy) is 1. The molecule has 2 saturated heterocycles. The summed E-state index contributed by atoms with van der Waals surface area (Å²) < 4.78 is 32.6. The lowest BCUT2D eigenvalue weighted by Crippen LogP contribution is -2.49. The molecule has 1 aromatic carbocycles. The zero-order valence-corrected chi connectivity index (χ0v) is 13.6. The molecule has 130 valence electrons. The van der Waals surface area contributed by atoms with Gasteiger partial charge in [-0.1, -0.05) is 0 Å². The van der Waals surface area contributed by atoms with Gasteiger partial charge in [-0.25, -0.2) is 8.78 Å². The SMILES string of the molecule is O=C(c1ccc(F)c(F)c1)N1C2CCC1CC(Oc1cccnc1)C2. The second kappa shape index (κ2) is 6.43. The van der Waals surface area contributed by atoms with Crippen LogP contribution in [0.2, 0.25) is 0 Å². The first-order valence-electron chi connectivity index (χ1n) is 8.46. The predicted molar refractivity (Wildman–Crippen MR) is 87.2 cm³/mol. The number of aromatic nitrogens is 1. The lowest BCUT2D eigenvalue weighted by atomic mass is 9.98. The molecule has 2 unspecified atom stereocenters. The molecule has 0 saturated carbocycles. The van der Waals surface area contributed by atoms with E-state index in [-0.39, 0.29) is 29.7 Å². The third-order valence-corrected chi connectivity index (χ3v) is 5.03. The number of carbonyl (C=O) groups excluding carboxylic acids is 1. The van der Waals surface area contributed by atoms with Crippen LogP contribution in [0.3, 0.4) is 0 Å². The van der Waals surface area contributed by atoms with Gasteiger partial charge in [-0.15, -0.1) is 0 Å². The van der Waals surface area contributed by atoms with Gasteiger partial charge in [0.25, 0.3) is 5.91 Å². The van der Waals surface area contributed by atoms with Gasteiger partial charge in [-0.3, -0.25) is 9.78 Å². The number of nitrogens with zero attached hydrogens (tertiary/aromatic N) is 2. The summed E-state index contributed by atoms with van der Waals surface area (Å²) in [6.07, 6.45) is 6.71. The average Bonchev–Trinajstić information content (AvgIpc) is 2.88. The number of benzene rings is 1. The van der Waals surface area contributed by atoms with Crippen LogP contribution < -0.4 is 4.74 Å². The van der Waals surface area contributed by atoms with Crippen LogP contribution in [0.1, 0.15) is 36.0 Å². The Kier molecular flexibility index (Phi) is 4.11. The standard InChI is InChI=1S/C19H18F2N2O2/c20-17-6-3-12(8-18(17)21)19(24)23-13-4-5-14(23)10-16(9-13)25-15-2-1-7-22-11-15/h1-3,6-8,11,13-14,16H,4-5,9-10H2. The summed E-state index contributed by atoms with van der Waals surface area (Å²) in [6.45, 7) is 0. The fourth-order valence-electron chi connectivity index (χ4n) is 3.94. The third-order valence-electron chi connectivity index (χ3n) is 5.03. The van der Waals surface area contributed by atoms with Crippen molar-refractivity contribution in [1.82, 2.24) is 9.88 Å². The molecule has 1 aromatic heterocycles. The Morgan fingerprint density at radius 3 is 2.52 bits per heavy atom. The highest BCUT2D eigenvalue weighted by molar-refractivity contribution is 5.95. The summed E-state index contributed by atoms with van der Waals surface area (Å²) in [5, 5.41) is 0. The van der Waals surface area contributed by atoms with Gasteiger partial charge in [-0.05, 0) is 43.2 Å². The van der Waals surface area contributed by atoms with E-state index in [1.807, 2.05) is 17.0 Å². The number of carbonyl (C=O) groups is 1. The third kappa shape index (κ3) is 3.08. The molecular formula is C19H18F2N2O2. The Balaban J connectivity index is 1.48. The minimum absolute atomic E-state index is 0.0377. The van der Waals surface area contributed by atoms with E-state index in [0.717, 1.165) is 43.6 Å². The maximum Gasteiger partial charge on any atom is 0.254 e. The molecule has 2 aromatic rings. The van der Waals surface area contributed by atoms with Crippen LogP contribution in [0.5, 0.6) is 5.75 Å². The molecule has 25 heavy (non-hydrogen) atoms. The molecule has 0 radical (unpaired) electrons. The van der Waals surface area contributed by atoms with Crippen LogP contribution >= 0.6 is 0 Å². The molecule has 3 heterocycles. The van der Waals surface area contributed by atoms with Crippen molar-refractivity contribution >= 4 is 5.91 Å². The molecule has 4 rings (SSSR count). The summed E-state index contributed by atoms with van der Waals surface area (Å²) >= 11 is 0. The van der Waals surface area contributed by atoms with Gasteiger partial charge in [0.2, 0.25) is 0 Å².